The van der Waals surface area contributed by atoms with Gasteiger partial charge in [-0.05, 0) is 31.4 Å². The van der Waals surface area contributed by atoms with Gasteiger partial charge in [-0.25, -0.2) is 27.5 Å². The van der Waals surface area contributed by atoms with Crippen LogP contribution in [0.1, 0.15) is 54.3 Å². The van der Waals surface area contributed by atoms with Crippen molar-refractivity contribution in [3.05, 3.63) is 52.5 Å². The van der Waals surface area contributed by atoms with E-state index in [2.05, 4.69) is 20.6 Å². The highest BCUT2D eigenvalue weighted by atomic mass is 19.3. The second-order valence-corrected chi connectivity index (χ2v) is 8.68. The van der Waals surface area contributed by atoms with Crippen LogP contribution in [0.15, 0.2) is 24.3 Å². The van der Waals surface area contributed by atoms with Crippen LogP contribution in [0, 0.1) is 6.92 Å². The molecule has 0 bridgehead atoms. The number of benzene rings is 1. The van der Waals surface area contributed by atoms with E-state index in [0.717, 1.165) is 6.92 Å². The molecule has 34 heavy (non-hydrogen) atoms. The minimum absolute atomic E-state index is 0.112. The lowest BCUT2D eigenvalue weighted by atomic mass is 10.1. The van der Waals surface area contributed by atoms with Gasteiger partial charge in [-0.2, -0.15) is 0 Å². The van der Waals surface area contributed by atoms with Gasteiger partial charge < -0.3 is 20.1 Å². The van der Waals surface area contributed by atoms with E-state index in [-0.39, 0.29) is 31.4 Å². The Morgan fingerprint density at radius 1 is 1.24 bits per heavy atom. The molecule has 184 valence electrons. The lowest BCUT2D eigenvalue weighted by Crippen LogP contribution is -2.43. The Labute approximate surface area is 194 Å². The molecule has 0 radical (unpaired) electrons. The Hall–Kier alpha value is -2.79. The maximum absolute atomic E-state index is 13.7. The van der Waals surface area contributed by atoms with Gasteiger partial charge in [-0.3, -0.25) is 4.79 Å². The van der Waals surface area contributed by atoms with Crippen LogP contribution in [-0.4, -0.2) is 41.1 Å². The molecule has 2 heterocycles. The van der Waals surface area contributed by atoms with Crippen molar-refractivity contribution in [3.63, 3.8) is 0 Å². The van der Waals surface area contributed by atoms with E-state index in [0.29, 0.717) is 41.7 Å². The fourth-order valence-electron chi connectivity index (χ4n) is 3.83. The molecule has 1 aromatic carbocycles. The average Bonchev–Trinajstić information content (AvgIpc) is 3.34. The molecule has 0 unspecified atom stereocenters. The van der Waals surface area contributed by atoms with E-state index in [4.69, 9.17) is 9.47 Å². The maximum Gasteiger partial charge on any atom is 0.270 e. The summed E-state index contributed by atoms with van der Waals surface area (Å²) in [5, 5.41) is 5.54. The number of amides is 1. The molecule has 0 spiro atoms. The second-order valence-electron chi connectivity index (χ2n) is 8.68. The van der Waals surface area contributed by atoms with Gasteiger partial charge in [0.2, 0.25) is 5.91 Å². The summed E-state index contributed by atoms with van der Waals surface area (Å²) in [6, 6.07) is 6.00. The number of ether oxygens (including phenoxy) is 2. The molecule has 2 fully saturated rings. The van der Waals surface area contributed by atoms with Crippen LogP contribution < -0.4 is 10.6 Å². The van der Waals surface area contributed by atoms with Crippen molar-refractivity contribution in [1.29, 1.82) is 0 Å². The monoisotopic (exact) mass is 482 g/mol. The Bertz CT molecular complexity index is 1050. The zero-order valence-electron chi connectivity index (χ0n) is 18.8. The topological polar surface area (TPSA) is 85.4 Å². The zero-order chi connectivity index (χ0) is 24.5. The molecule has 1 aromatic heterocycles. The molecule has 2 aromatic rings. The summed E-state index contributed by atoms with van der Waals surface area (Å²) in [6.45, 7) is 3.28. The second kappa shape index (κ2) is 9.46. The normalized spacial score (nSPS) is 17.7. The number of aromatic nitrogens is 2. The first-order valence-corrected chi connectivity index (χ1v) is 11.0. The lowest BCUT2D eigenvalue weighted by Gasteiger charge is -2.21. The molecule has 4 rings (SSSR count). The van der Waals surface area contributed by atoms with E-state index >= 15 is 0 Å². The fraction of sp³-hybridized carbons (Fsp3) is 0.522. The predicted molar refractivity (Wildman–Crippen MR) is 115 cm³/mol. The number of nitrogens with one attached hydrogen (secondary N) is 2. The van der Waals surface area contributed by atoms with Crippen molar-refractivity contribution in [3.8, 4) is 0 Å². The number of halogens is 4. The van der Waals surface area contributed by atoms with Crippen molar-refractivity contribution in [2.75, 3.05) is 18.5 Å². The molecule has 1 saturated carbocycles. The molecule has 1 amide bonds. The molecule has 11 heteroatoms. The molecule has 1 saturated heterocycles. The van der Waals surface area contributed by atoms with E-state index in [1.165, 1.54) is 12.1 Å². The summed E-state index contributed by atoms with van der Waals surface area (Å²) >= 11 is 0. The molecule has 1 aliphatic carbocycles. The molecule has 1 aliphatic heterocycles. The van der Waals surface area contributed by atoms with Gasteiger partial charge >= 0.3 is 0 Å². The molecular formula is C23H26F4N4O3. The zero-order valence-corrected chi connectivity index (χ0v) is 18.8. The van der Waals surface area contributed by atoms with Crippen molar-refractivity contribution in [1.82, 2.24) is 15.3 Å². The van der Waals surface area contributed by atoms with Gasteiger partial charge in [0.15, 0.2) is 6.29 Å². The first-order chi connectivity index (χ1) is 16.1. The van der Waals surface area contributed by atoms with Crippen LogP contribution in [0.5, 0.6) is 0 Å². The van der Waals surface area contributed by atoms with Gasteiger partial charge in [0.05, 0.1) is 30.9 Å². The number of nitrogens with zero attached hydrogens (tertiary/aromatic N) is 2. The number of rotatable bonds is 9. The van der Waals surface area contributed by atoms with Crippen LogP contribution in [0.2, 0.25) is 0 Å². The first-order valence-electron chi connectivity index (χ1n) is 11.0. The van der Waals surface area contributed by atoms with E-state index in [9.17, 15) is 22.4 Å². The first kappa shape index (κ1) is 24.3. The van der Waals surface area contributed by atoms with Crippen molar-refractivity contribution >= 4 is 11.7 Å². The summed E-state index contributed by atoms with van der Waals surface area (Å²) in [5.74, 6) is -2.89. The lowest BCUT2D eigenvalue weighted by molar-refractivity contribution is -0.122. The Kier molecular flexibility index (Phi) is 6.77. The molecule has 2 aliphatic rings. The molecular weight excluding hydrogens is 456 g/mol. The summed E-state index contributed by atoms with van der Waals surface area (Å²) < 4.78 is 65.2. The molecule has 2 N–H and O–H groups in total. The van der Waals surface area contributed by atoms with Gasteiger partial charge in [0.1, 0.15) is 17.2 Å². The summed E-state index contributed by atoms with van der Waals surface area (Å²) in [4.78, 5) is 21.4. The minimum Gasteiger partial charge on any atom is -0.365 e. The van der Waals surface area contributed by atoms with E-state index < -0.39 is 30.1 Å². The smallest absolute Gasteiger partial charge is 0.270 e. The highest BCUT2D eigenvalue weighted by Gasteiger charge is 2.52. The van der Waals surface area contributed by atoms with Crippen LogP contribution in [0.3, 0.4) is 0 Å². The third-order valence-corrected chi connectivity index (χ3v) is 5.81. The van der Waals surface area contributed by atoms with E-state index in [1.54, 1.807) is 19.1 Å². The molecule has 0 atom stereocenters. The van der Waals surface area contributed by atoms with Crippen molar-refractivity contribution < 1.29 is 31.8 Å². The fourth-order valence-corrected chi connectivity index (χ4v) is 3.83. The Morgan fingerprint density at radius 3 is 2.56 bits per heavy atom. The van der Waals surface area contributed by atoms with Crippen molar-refractivity contribution in [2.45, 2.75) is 63.8 Å². The number of carbonyl (C=O) groups is 1. The number of hydrogen-bond donors (Lipinski definition) is 2. The highest BCUT2D eigenvalue weighted by molar-refractivity contribution is 5.80. The standard InChI is InChI=1S/C23H26F4N4O3/c1-13-29-16(11-17(32)31-23(6-7-23)21(24)25)18(20-33-8-9-34-20)19(30-13)28-12-14-4-3-5-15(10-14)22(2,26)27/h3-5,10,20-21H,6-9,11-12H2,1-2H3,(H,31,32)(H,28,29,30). The summed E-state index contributed by atoms with van der Waals surface area (Å²) in [6.07, 6.45) is -3.30. The number of anilines is 1. The Balaban J connectivity index is 1.58. The summed E-state index contributed by atoms with van der Waals surface area (Å²) in [5.41, 5.74) is -0.303. The summed E-state index contributed by atoms with van der Waals surface area (Å²) in [7, 11) is 0. The van der Waals surface area contributed by atoms with Gasteiger partial charge in [0, 0.05) is 19.0 Å². The van der Waals surface area contributed by atoms with Gasteiger partial charge in [-0.1, -0.05) is 18.2 Å². The minimum atomic E-state index is -2.98. The average molecular weight is 482 g/mol. The molecule has 7 nitrogen and oxygen atoms in total. The quantitative estimate of drug-likeness (QED) is 0.526. The van der Waals surface area contributed by atoms with Crippen LogP contribution in [0.4, 0.5) is 23.4 Å². The van der Waals surface area contributed by atoms with Gasteiger partial charge in [-0.15, -0.1) is 0 Å². The number of alkyl halides is 4. The maximum atomic E-state index is 13.7. The SMILES string of the molecule is Cc1nc(CC(=O)NC2(C(F)F)CC2)c(C2OCCO2)c(NCc2cccc(C(C)(F)F)c2)n1. The van der Waals surface area contributed by atoms with E-state index in [1.807, 2.05) is 0 Å². The highest BCUT2D eigenvalue weighted by Crippen LogP contribution is 2.41. The van der Waals surface area contributed by atoms with Crippen LogP contribution in [0.25, 0.3) is 0 Å². The van der Waals surface area contributed by atoms with Gasteiger partial charge in [0.25, 0.3) is 12.3 Å². The number of carbonyl (C=O) groups excluding carboxylic acids is 1. The van der Waals surface area contributed by atoms with Crippen LogP contribution in [-0.2, 0) is 33.2 Å². The third-order valence-electron chi connectivity index (χ3n) is 5.81. The van der Waals surface area contributed by atoms with Crippen LogP contribution >= 0.6 is 0 Å². The predicted octanol–water partition coefficient (Wildman–Crippen LogP) is 4.01. The largest absolute Gasteiger partial charge is 0.365 e. The number of hydrogen-bond acceptors (Lipinski definition) is 6. The number of aryl methyl sites for hydroxylation is 1. The van der Waals surface area contributed by atoms with Crippen molar-refractivity contribution in [2.24, 2.45) is 0 Å². The third kappa shape index (κ3) is 5.47. The Morgan fingerprint density at radius 2 is 1.94 bits per heavy atom.